The quantitative estimate of drug-likeness (QED) is 0.774. The van der Waals surface area contributed by atoms with Gasteiger partial charge < -0.3 is 5.32 Å². The Labute approximate surface area is 106 Å². The fraction of sp³-hybridized carbons (Fsp3) is 0.667. The summed E-state index contributed by atoms with van der Waals surface area (Å²) in [6, 6.07) is 4.57. The number of hydrogen-bond acceptors (Lipinski definition) is 2. The lowest BCUT2D eigenvalue weighted by Crippen LogP contribution is -2.25. The fourth-order valence-corrected chi connectivity index (χ4v) is 2.04. The Morgan fingerprint density at radius 3 is 2.71 bits per heavy atom. The van der Waals surface area contributed by atoms with Crippen molar-refractivity contribution in [2.45, 2.75) is 53.0 Å². The van der Waals surface area contributed by atoms with Crippen LogP contribution in [0.5, 0.6) is 0 Å². The van der Waals surface area contributed by atoms with Crippen LogP contribution in [0.2, 0.25) is 0 Å². The topological polar surface area (TPSA) is 24.9 Å². The van der Waals surface area contributed by atoms with E-state index in [1.165, 1.54) is 30.5 Å². The van der Waals surface area contributed by atoms with Crippen LogP contribution in [-0.2, 0) is 0 Å². The molecule has 0 aromatic carbocycles. The third-order valence-electron chi connectivity index (χ3n) is 3.36. The lowest BCUT2D eigenvalue weighted by Gasteiger charge is -2.22. The zero-order chi connectivity index (χ0) is 12.7. The van der Waals surface area contributed by atoms with Crippen molar-refractivity contribution in [3.8, 4) is 0 Å². The van der Waals surface area contributed by atoms with E-state index in [0.717, 1.165) is 12.5 Å². The maximum atomic E-state index is 4.56. The molecule has 0 radical (unpaired) electrons. The Morgan fingerprint density at radius 1 is 1.35 bits per heavy atom. The highest BCUT2D eigenvalue weighted by molar-refractivity contribution is 5.21. The van der Waals surface area contributed by atoms with E-state index in [4.69, 9.17) is 0 Å². The maximum absolute atomic E-state index is 4.56. The predicted octanol–water partition coefficient (Wildman–Crippen LogP) is 3.87. The number of aryl methyl sites for hydroxylation is 1. The number of nitrogens with one attached hydrogen (secondary N) is 1. The number of hydrogen-bond donors (Lipinski definition) is 1. The van der Waals surface area contributed by atoms with Crippen molar-refractivity contribution in [1.82, 2.24) is 10.3 Å². The van der Waals surface area contributed by atoms with Gasteiger partial charge in [0.25, 0.3) is 0 Å². The van der Waals surface area contributed by atoms with Gasteiger partial charge in [-0.3, -0.25) is 4.98 Å². The summed E-state index contributed by atoms with van der Waals surface area (Å²) in [5, 5.41) is 3.63. The molecule has 2 atom stereocenters. The molecule has 1 N–H and O–H groups in total. The van der Waals surface area contributed by atoms with Gasteiger partial charge in [0, 0.05) is 12.2 Å². The summed E-state index contributed by atoms with van der Waals surface area (Å²) in [5.74, 6) is 0.741. The SMILES string of the molecule is CCCNC(CC(C)CC)c1ncccc1C. The molecule has 1 heterocycles. The zero-order valence-corrected chi connectivity index (χ0v) is 11.7. The Morgan fingerprint density at radius 2 is 2.12 bits per heavy atom. The van der Waals surface area contributed by atoms with Crippen LogP contribution >= 0.6 is 0 Å². The molecule has 0 amide bonds. The van der Waals surface area contributed by atoms with Crippen LogP contribution in [0.1, 0.15) is 57.3 Å². The number of aromatic nitrogens is 1. The first kappa shape index (κ1) is 14.2. The predicted molar refractivity (Wildman–Crippen MR) is 74.1 cm³/mol. The Bertz CT molecular complexity index is 322. The summed E-state index contributed by atoms with van der Waals surface area (Å²) in [7, 11) is 0. The molecule has 0 spiro atoms. The molecule has 1 aromatic rings. The second-order valence-electron chi connectivity index (χ2n) is 4.96. The highest BCUT2D eigenvalue weighted by Gasteiger charge is 2.16. The second kappa shape index (κ2) is 7.44. The minimum atomic E-state index is 0.408. The average Bonchev–Trinajstić information content (AvgIpc) is 2.35. The van der Waals surface area contributed by atoms with Gasteiger partial charge >= 0.3 is 0 Å². The maximum Gasteiger partial charge on any atom is 0.0602 e. The lowest BCUT2D eigenvalue weighted by atomic mass is 9.95. The highest BCUT2D eigenvalue weighted by Crippen LogP contribution is 2.23. The molecule has 0 aliphatic heterocycles. The number of nitrogens with zero attached hydrogens (tertiary/aromatic N) is 1. The molecule has 0 bridgehead atoms. The third-order valence-corrected chi connectivity index (χ3v) is 3.36. The molecule has 0 saturated carbocycles. The minimum absolute atomic E-state index is 0.408. The summed E-state index contributed by atoms with van der Waals surface area (Å²) < 4.78 is 0. The Balaban J connectivity index is 2.78. The molecule has 17 heavy (non-hydrogen) atoms. The molecule has 2 nitrogen and oxygen atoms in total. The van der Waals surface area contributed by atoms with E-state index in [2.05, 4.69) is 44.1 Å². The van der Waals surface area contributed by atoms with E-state index in [1.807, 2.05) is 12.3 Å². The first-order valence-corrected chi connectivity index (χ1v) is 6.83. The van der Waals surface area contributed by atoms with Gasteiger partial charge in [0.2, 0.25) is 0 Å². The van der Waals surface area contributed by atoms with Crippen LogP contribution in [0.3, 0.4) is 0 Å². The van der Waals surface area contributed by atoms with Crippen molar-refractivity contribution in [3.05, 3.63) is 29.6 Å². The largest absolute Gasteiger partial charge is 0.309 e. The van der Waals surface area contributed by atoms with Gasteiger partial charge in [-0.2, -0.15) is 0 Å². The normalized spacial score (nSPS) is 14.6. The van der Waals surface area contributed by atoms with Crippen molar-refractivity contribution in [2.75, 3.05) is 6.54 Å². The molecule has 1 aromatic heterocycles. The zero-order valence-electron chi connectivity index (χ0n) is 11.7. The van der Waals surface area contributed by atoms with Crippen LogP contribution in [0.15, 0.2) is 18.3 Å². The van der Waals surface area contributed by atoms with Crippen molar-refractivity contribution in [2.24, 2.45) is 5.92 Å². The van der Waals surface area contributed by atoms with E-state index < -0.39 is 0 Å². The number of rotatable bonds is 7. The van der Waals surface area contributed by atoms with Crippen LogP contribution in [0.25, 0.3) is 0 Å². The average molecular weight is 234 g/mol. The molecular formula is C15H26N2. The molecule has 0 aliphatic carbocycles. The molecule has 0 fully saturated rings. The van der Waals surface area contributed by atoms with E-state index >= 15 is 0 Å². The Kier molecular flexibility index (Phi) is 6.20. The van der Waals surface area contributed by atoms with Gasteiger partial charge in [0.1, 0.15) is 0 Å². The molecule has 2 heteroatoms. The van der Waals surface area contributed by atoms with Gasteiger partial charge in [-0.15, -0.1) is 0 Å². The highest BCUT2D eigenvalue weighted by atomic mass is 14.9. The van der Waals surface area contributed by atoms with Gasteiger partial charge in [-0.25, -0.2) is 0 Å². The molecule has 0 saturated heterocycles. The van der Waals surface area contributed by atoms with E-state index in [-0.39, 0.29) is 0 Å². The van der Waals surface area contributed by atoms with Crippen molar-refractivity contribution in [1.29, 1.82) is 0 Å². The van der Waals surface area contributed by atoms with Crippen LogP contribution in [0, 0.1) is 12.8 Å². The summed E-state index contributed by atoms with van der Waals surface area (Å²) in [5.41, 5.74) is 2.52. The van der Waals surface area contributed by atoms with Crippen LogP contribution in [-0.4, -0.2) is 11.5 Å². The van der Waals surface area contributed by atoms with Crippen molar-refractivity contribution in [3.63, 3.8) is 0 Å². The lowest BCUT2D eigenvalue weighted by molar-refractivity contribution is 0.395. The molecule has 1 rings (SSSR count). The summed E-state index contributed by atoms with van der Waals surface area (Å²) in [6.45, 7) is 10.0. The fourth-order valence-electron chi connectivity index (χ4n) is 2.04. The standard InChI is InChI=1S/C15H26N2/c1-5-9-16-14(11-12(3)6-2)15-13(4)8-7-10-17-15/h7-8,10,12,14,16H,5-6,9,11H2,1-4H3. The van der Waals surface area contributed by atoms with E-state index in [9.17, 15) is 0 Å². The number of pyridine rings is 1. The molecular weight excluding hydrogens is 208 g/mol. The Hall–Kier alpha value is -0.890. The van der Waals surface area contributed by atoms with Crippen LogP contribution < -0.4 is 5.32 Å². The van der Waals surface area contributed by atoms with Gasteiger partial charge in [-0.05, 0) is 43.9 Å². The van der Waals surface area contributed by atoms with Gasteiger partial charge in [0.15, 0.2) is 0 Å². The minimum Gasteiger partial charge on any atom is -0.309 e. The molecule has 96 valence electrons. The van der Waals surface area contributed by atoms with Gasteiger partial charge in [-0.1, -0.05) is 33.3 Å². The summed E-state index contributed by atoms with van der Waals surface area (Å²) >= 11 is 0. The molecule has 0 aliphatic rings. The summed E-state index contributed by atoms with van der Waals surface area (Å²) in [4.78, 5) is 4.56. The van der Waals surface area contributed by atoms with Crippen molar-refractivity contribution >= 4 is 0 Å². The van der Waals surface area contributed by atoms with E-state index in [1.54, 1.807) is 0 Å². The summed E-state index contributed by atoms with van der Waals surface area (Å²) in [6.07, 6.45) is 5.48. The molecule has 2 unspecified atom stereocenters. The monoisotopic (exact) mass is 234 g/mol. The van der Waals surface area contributed by atoms with Crippen LogP contribution in [0.4, 0.5) is 0 Å². The third kappa shape index (κ3) is 4.47. The van der Waals surface area contributed by atoms with E-state index in [0.29, 0.717) is 6.04 Å². The first-order valence-electron chi connectivity index (χ1n) is 6.83. The first-order chi connectivity index (χ1) is 8.19. The van der Waals surface area contributed by atoms with Crippen molar-refractivity contribution < 1.29 is 0 Å². The van der Waals surface area contributed by atoms with Gasteiger partial charge in [0.05, 0.1) is 5.69 Å². The smallest absolute Gasteiger partial charge is 0.0602 e. The second-order valence-corrected chi connectivity index (χ2v) is 4.96.